The van der Waals surface area contributed by atoms with Crippen LogP contribution in [-0.2, 0) is 9.53 Å². The SMILES string of the molecule is O=C(O)C1CCC(CN2CC3(CCC3)C2)O1. The van der Waals surface area contributed by atoms with E-state index in [2.05, 4.69) is 4.90 Å². The molecular formula is C12H19NO3. The smallest absolute Gasteiger partial charge is 0.332 e. The van der Waals surface area contributed by atoms with Crippen molar-refractivity contribution in [1.29, 1.82) is 0 Å². The number of rotatable bonds is 3. The normalized spacial score (nSPS) is 37.0. The Hall–Kier alpha value is -0.610. The summed E-state index contributed by atoms with van der Waals surface area (Å²) in [6.07, 6.45) is 5.37. The molecule has 3 rings (SSSR count). The fourth-order valence-corrected chi connectivity index (χ4v) is 3.33. The van der Waals surface area contributed by atoms with Gasteiger partial charge in [0.25, 0.3) is 0 Å². The highest BCUT2D eigenvalue weighted by Crippen LogP contribution is 2.48. The summed E-state index contributed by atoms with van der Waals surface area (Å²) >= 11 is 0. The number of aliphatic carboxylic acids is 1. The Morgan fingerprint density at radius 3 is 2.62 bits per heavy atom. The van der Waals surface area contributed by atoms with Gasteiger partial charge >= 0.3 is 5.97 Å². The molecule has 0 radical (unpaired) electrons. The first-order chi connectivity index (χ1) is 7.67. The second-order valence-electron chi connectivity index (χ2n) is 5.69. The van der Waals surface area contributed by atoms with Crippen molar-refractivity contribution in [2.75, 3.05) is 19.6 Å². The predicted molar refractivity (Wildman–Crippen MR) is 58.3 cm³/mol. The summed E-state index contributed by atoms with van der Waals surface area (Å²) in [6, 6.07) is 0. The molecule has 16 heavy (non-hydrogen) atoms. The molecule has 1 N–H and O–H groups in total. The van der Waals surface area contributed by atoms with Gasteiger partial charge in [0.1, 0.15) is 0 Å². The lowest BCUT2D eigenvalue weighted by Crippen LogP contribution is -2.60. The van der Waals surface area contributed by atoms with E-state index in [1.54, 1.807) is 0 Å². The average Bonchev–Trinajstić information content (AvgIpc) is 2.55. The van der Waals surface area contributed by atoms with E-state index >= 15 is 0 Å². The van der Waals surface area contributed by atoms with E-state index in [0.29, 0.717) is 11.8 Å². The molecule has 0 bridgehead atoms. The number of likely N-dealkylation sites (tertiary alicyclic amines) is 1. The van der Waals surface area contributed by atoms with Gasteiger partial charge in [0, 0.05) is 19.6 Å². The molecule has 2 unspecified atom stereocenters. The van der Waals surface area contributed by atoms with Crippen molar-refractivity contribution < 1.29 is 14.6 Å². The minimum atomic E-state index is -0.804. The first kappa shape index (κ1) is 10.5. The highest BCUT2D eigenvalue weighted by Gasteiger charge is 2.47. The van der Waals surface area contributed by atoms with Gasteiger partial charge in [0.2, 0.25) is 0 Å². The third-order valence-corrected chi connectivity index (χ3v) is 4.38. The van der Waals surface area contributed by atoms with E-state index in [-0.39, 0.29) is 6.10 Å². The number of carboxylic acid groups (broad SMARTS) is 1. The molecule has 0 aromatic rings. The number of hydrogen-bond donors (Lipinski definition) is 1. The summed E-state index contributed by atoms with van der Waals surface area (Å²) < 4.78 is 5.51. The minimum Gasteiger partial charge on any atom is -0.479 e. The summed E-state index contributed by atoms with van der Waals surface area (Å²) in [6.45, 7) is 3.36. The maximum atomic E-state index is 10.7. The monoisotopic (exact) mass is 225 g/mol. The molecule has 0 aromatic heterocycles. The Morgan fingerprint density at radius 2 is 2.12 bits per heavy atom. The molecule has 1 spiro atoms. The van der Waals surface area contributed by atoms with Crippen LogP contribution in [0.1, 0.15) is 32.1 Å². The molecule has 2 saturated heterocycles. The molecule has 3 aliphatic rings. The van der Waals surface area contributed by atoms with E-state index in [4.69, 9.17) is 9.84 Å². The van der Waals surface area contributed by atoms with E-state index in [1.165, 1.54) is 32.4 Å². The van der Waals surface area contributed by atoms with Crippen molar-refractivity contribution in [1.82, 2.24) is 4.90 Å². The van der Waals surface area contributed by atoms with E-state index in [1.807, 2.05) is 0 Å². The number of carboxylic acids is 1. The Balaban J connectivity index is 1.42. The topological polar surface area (TPSA) is 49.8 Å². The number of nitrogens with zero attached hydrogens (tertiary/aromatic N) is 1. The zero-order chi connectivity index (χ0) is 11.2. The lowest BCUT2D eigenvalue weighted by molar-refractivity contribution is -0.151. The molecule has 1 aliphatic carbocycles. The van der Waals surface area contributed by atoms with Gasteiger partial charge in [-0.15, -0.1) is 0 Å². The van der Waals surface area contributed by atoms with Crippen molar-refractivity contribution in [3.63, 3.8) is 0 Å². The van der Waals surface area contributed by atoms with Gasteiger partial charge in [-0.25, -0.2) is 4.79 Å². The zero-order valence-corrected chi connectivity index (χ0v) is 9.52. The molecule has 0 aromatic carbocycles. The van der Waals surface area contributed by atoms with Gasteiger partial charge in [0.05, 0.1) is 6.10 Å². The van der Waals surface area contributed by atoms with Crippen LogP contribution in [0.3, 0.4) is 0 Å². The largest absolute Gasteiger partial charge is 0.479 e. The average molecular weight is 225 g/mol. The highest BCUT2D eigenvalue weighted by atomic mass is 16.5. The zero-order valence-electron chi connectivity index (χ0n) is 9.52. The second-order valence-corrected chi connectivity index (χ2v) is 5.69. The summed E-state index contributed by atoms with van der Waals surface area (Å²) in [4.78, 5) is 13.2. The van der Waals surface area contributed by atoms with Crippen molar-refractivity contribution in [2.24, 2.45) is 5.41 Å². The minimum absolute atomic E-state index is 0.151. The van der Waals surface area contributed by atoms with E-state index in [9.17, 15) is 4.79 Å². The molecule has 90 valence electrons. The molecule has 2 heterocycles. The first-order valence-corrected chi connectivity index (χ1v) is 6.28. The molecule has 0 amide bonds. The number of hydrogen-bond acceptors (Lipinski definition) is 3. The van der Waals surface area contributed by atoms with E-state index in [0.717, 1.165) is 13.0 Å². The Kier molecular flexibility index (Phi) is 2.44. The van der Waals surface area contributed by atoms with E-state index < -0.39 is 12.1 Å². The van der Waals surface area contributed by atoms with Crippen LogP contribution in [0.4, 0.5) is 0 Å². The summed E-state index contributed by atoms with van der Waals surface area (Å²) in [5.41, 5.74) is 0.658. The standard InChI is InChI=1S/C12H19NO3/c14-11(15)10-3-2-9(16-10)6-13-7-12(8-13)4-1-5-12/h9-10H,1-8H2,(H,14,15). The molecule has 4 nitrogen and oxygen atoms in total. The van der Waals surface area contributed by atoms with Gasteiger partial charge in [0.15, 0.2) is 6.10 Å². The molecule has 4 heteroatoms. The third-order valence-electron chi connectivity index (χ3n) is 4.38. The van der Waals surface area contributed by atoms with Crippen molar-refractivity contribution in [3.05, 3.63) is 0 Å². The maximum Gasteiger partial charge on any atom is 0.332 e. The quantitative estimate of drug-likeness (QED) is 0.781. The molecule has 2 aliphatic heterocycles. The molecule has 3 fully saturated rings. The van der Waals surface area contributed by atoms with Crippen molar-refractivity contribution in [2.45, 2.75) is 44.3 Å². The Labute approximate surface area is 95.6 Å². The van der Waals surface area contributed by atoms with Gasteiger partial charge in [-0.1, -0.05) is 6.42 Å². The fourth-order valence-electron chi connectivity index (χ4n) is 3.33. The van der Waals surface area contributed by atoms with Crippen LogP contribution in [-0.4, -0.2) is 47.8 Å². The number of carbonyl (C=O) groups is 1. The molecular weight excluding hydrogens is 206 g/mol. The fraction of sp³-hybridized carbons (Fsp3) is 0.917. The van der Waals surface area contributed by atoms with Crippen LogP contribution < -0.4 is 0 Å². The summed E-state index contributed by atoms with van der Waals surface area (Å²) in [5.74, 6) is -0.804. The molecule has 2 atom stereocenters. The number of ether oxygens (including phenoxy) is 1. The Bertz CT molecular complexity index is 293. The van der Waals surface area contributed by atoms with Crippen LogP contribution in [0.5, 0.6) is 0 Å². The van der Waals surface area contributed by atoms with Crippen LogP contribution in [0, 0.1) is 5.41 Å². The summed E-state index contributed by atoms with van der Waals surface area (Å²) in [5, 5.41) is 8.83. The molecule has 1 saturated carbocycles. The maximum absolute atomic E-state index is 10.7. The summed E-state index contributed by atoms with van der Waals surface area (Å²) in [7, 11) is 0. The predicted octanol–water partition coefficient (Wildman–Crippen LogP) is 1.10. The third kappa shape index (κ3) is 1.74. The van der Waals surface area contributed by atoms with Crippen molar-refractivity contribution in [3.8, 4) is 0 Å². The van der Waals surface area contributed by atoms with Gasteiger partial charge in [-0.3, -0.25) is 4.90 Å². The van der Waals surface area contributed by atoms with Crippen LogP contribution in [0.15, 0.2) is 0 Å². The van der Waals surface area contributed by atoms with Crippen LogP contribution in [0.25, 0.3) is 0 Å². The van der Waals surface area contributed by atoms with Crippen LogP contribution >= 0.6 is 0 Å². The van der Waals surface area contributed by atoms with Gasteiger partial charge in [-0.2, -0.15) is 0 Å². The van der Waals surface area contributed by atoms with Gasteiger partial charge in [-0.05, 0) is 31.1 Å². The first-order valence-electron chi connectivity index (χ1n) is 6.28. The van der Waals surface area contributed by atoms with Crippen molar-refractivity contribution >= 4 is 5.97 Å². The highest BCUT2D eigenvalue weighted by molar-refractivity contribution is 5.72. The second kappa shape index (κ2) is 3.70. The lowest BCUT2D eigenvalue weighted by Gasteiger charge is -2.56. The van der Waals surface area contributed by atoms with Gasteiger partial charge < -0.3 is 9.84 Å². The Morgan fingerprint density at radius 1 is 1.38 bits per heavy atom. The lowest BCUT2D eigenvalue weighted by atomic mass is 9.63. The van der Waals surface area contributed by atoms with Crippen LogP contribution in [0.2, 0.25) is 0 Å².